The van der Waals surface area contributed by atoms with E-state index in [0.717, 1.165) is 11.1 Å². The Labute approximate surface area is 199 Å². The van der Waals surface area contributed by atoms with Crippen molar-refractivity contribution in [3.05, 3.63) is 82.9 Å². The molecule has 0 N–H and O–H groups in total. The third kappa shape index (κ3) is 7.18. The van der Waals surface area contributed by atoms with Crippen LogP contribution in [0.5, 0.6) is 0 Å². The molecule has 0 heterocycles. The zero-order valence-corrected chi connectivity index (χ0v) is 21.4. The van der Waals surface area contributed by atoms with Crippen molar-refractivity contribution in [1.29, 1.82) is 0 Å². The van der Waals surface area contributed by atoms with Crippen LogP contribution in [0.1, 0.15) is 70.7 Å². The van der Waals surface area contributed by atoms with Crippen LogP contribution in [-0.4, -0.2) is 30.9 Å². The summed E-state index contributed by atoms with van der Waals surface area (Å²) in [5, 5.41) is 0. The number of ether oxygens (including phenoxy) is 1. The molecule has 0 aromatic heterocycles. The average molecular weight is 448 g/mol. The third-order valence-corrected chi connectivity index (χ3v) is 5.40. The summed E-state index contributed by atoms with van der Waals surface area (Å²) in [6.07, 6.45) is 3.23. The maximum atomic E-state index is 12.3. The molecular weight excluding hydrogens is 410 g/mol. The molecule has 2 aromatic carbocycles. The number of hydrogen-bond acceptors (Lipinski definition) is 3. The zero-order valence-electron chi connectivity index (χ0n) is 21.4. The molecule has 2 aromatic rings. The van der Waals surface area contributed by atoms with Crippen LogP contribution in [0.4, 0.5) is 0 Å². The number of carbonyl (C=O) groups excluding carboxylic acids is 2. The van der Waals surface area contributed by atoms with Gasteiger partial charge in [-0.25, -0.2) is 0 Å². The first-order valence-corrected chi connectivity index (χ1v) is 11.2. The third-order valence-electron chi connectivity index (χ3n) is 5.40. The Bertz CT molecular complexity index is 1040. The van der Waals surface area contributed by atoms with Crippen LogP contribution >= 0.6 is 0 Å². The zero-order chi connectivity index (χ0) is 25.0. The Morgan fingerprint density at radius 3 is 1.52 bits per heavy atom. The van der Waals surface area contributed by atoms with Crippen molar-refractivity contribution in [2.45, 2.75) is 59.3 Å². The molecule has 0 radical (unpaired) electrons. The Morgan fingerprint density at radius 1 is 0.727 bits per heavy atom. The van der Waals surface area contributed by atoms with E-state index in [1.807, 2.05) is 36.4 Å². The molecule has 33 heavy (non-hydrogen) atoms. The standard InChI is InChI=1S/C29H37NO3/c1-20(31)33-27(22-12-16-24(17-13-22)29(5,6)7)25(18-19-26(32)30(8)9)21-10-14-23(15-11-21)28(2,3)4/h10-19H,1-9H3/b19-18+,27-25-. The van der Waals surface area contributed by atoms with E-state index < -0.39 is 5.97 Å². The summed E-state index contributed by atoms with van der Waals surface area (Å²) >= 11 is 0. The number of benzene rings is 2. The molecule has 0 aliphatic carbocycles. The van der Waals surface area contributed by atoms with Gasteiger partial charge < -0.3 is 9.64 Å². The van der Waals surface area contributed by atoms with Crippen LogP contribution in [0.2, 0.25) is 0 Å². The van der Waals surface area contributed by atoms with Gasteiger partial charge in [0.1, 0.15) is 5.76 Å². The van der Waals surface area contributed by atoms with Crippen molar-refractivity contribution in [3.63, 3.8) is 0 Å². The summed E-state index contributed by atoms with van der Waals surface area (Å²) in [7, 11) is 3.40. The molecule has 0 saturated carbocycles. The Morgan fingerprint density at radius 2 is 1.15 bits per heavy atom. The second-order valence-corrected chi connectivity index (χ2v) is 10.6. The van der Waals surface area contributed by atoms with Crippen molar-refractivity contribution < 1.29 is 14.3 Å². The first-order valence-electron chi connectivity index (χ1n) is 11.2. The fraction of sp³-hybridized carbons (Fsp3) is 0.379. The second-order valence-electron chi connectivity index (χ2n) is 10.6. The molecule has 0 fully saturated rings. The monoisotopic (exact) mass is 447 g/mol. The van der Waals surface area contributed by atoms with Gasteiger partial charge in [0.15, 0.2) is 0 Å². The van der Waals surface area contributed by atoms with Crippen molar-refractivity contribution >= 4 is 23.2 Å². The highest BCUT2D eigenvalue weighted by molar-refractivity contribution is 5.99. The number of hydrogen-bond donors (Lipinski definition) is 0. The number of nitrogens with zero attached hydrogens (tertiary/aromatic N) is 1. The summed E-state index contributed by atoms with van der Waals surface area (Å²) in [5.74, 6) is -0.139. The fourth-order valence-electron chi connectivity index (χ4n) is 3.29. The van der Waals surface area contributed by atoms with E-state index in [1.165, 1.54) is 29.0 Å². The molecular formula is C29H37NO3. The molecule has 0 atom stereocenters. The Hall–Kier alpha value is -3.14. The van der Waals surface area contributed by atoms with E-state index in [1.54, 1.807) is 20.2 Å². The van der Waals surface area contributed by atoms with Crippen LogP contribution < -0.4 is 0 Å². The van der Waals surface area contributed by atoms with Crippen LogP contribution in [-0.2, 0) is 25.2 Å². The van der Waals surface area contributed by atoms with E-state index >= 15 is 0 Å². The highest BCUT2D eigenvalue weighted by atomic mass is 16.5. The predicted molar refractivity (Wildman–Crippen MR) is 137 cm³/mol. The van der Waals surface area contributed by atoms with Gasteiger partial charge >= 0.3 is 5.97 Å². The van der Waals surface area contributed by atoms with Gasteiger partial charge in [0.25, 0.3) is 0 Å². The number of likely N-dealkylation sites (N-methyl/N-ethyl adjacent to an activating group) is 1. The van der Waals surface area contributed by atoms with Crippen LogP contribution in [0.3, 0.4) is 0 Å². The van der Waals surface area contributed by atoms with Crippen molar-refractivity contribution in [3.8, 4) is 0 Å². The van der Waals surface area contributed by atoms with E-state index in [9.17, 15) is 9.59 Å². The fourth-order valence-corrected chi connectivity index (χ4v) is 3.29. The number of carbonyl (C=O) groups is 2. The topological polar surface area (TPSA) is 46.6 Å². The van der Waals surface area contributed by atoms with Gasteiger partial charge in [-0.2, -0.15) is 0 Å². The lowest BCUT2D eigenvalue weighted by Gasteiger charge is -2.21. The molecule has 1 amide bonds. The highest BCUT2D eigenvalue weighted by Crippen LogP contribution is 2.32. The number of rotatable bonds is 5. The molecule has 176 valence electrons. The minimum absolute atomic E-state index is 0.00743. The first-order chi connectivity index (χ1) is 15.2. The minimum atomic E-state index is -0.416. The molecule has 0 spiro atoms. The van der Waals surface area contributed by atoms with Crippen molar-refractivity contribution in [2.75, 3.05) is 14.1 Å². The van der Waals surface area contributed by atoms with Gasteiger partial charge in [-0.1, -0.05) is 90.1 Å². The smallest absolute Gasteiger partial charge is 0.308 e. The second kappa shape index (κ2) is 10.2. The van der Waals surface area contributed by atoms with Gasteiger partial charge in [0, 0.05) is 38.2 Å². The summed E-state index contributed by atoms with van der Waals surface area (Å²) in [6, 6.07) is 16.2. The molecule has 0 bridgehead atoms. The molecule has 0 aliphatic rings. The summed E-state index contributed by atoms with van der Waals surface area (Å²) in [6.45, 7) is 14.3. The van der Waals surface area contributed by atoms with E-state index in [2.05, 4.69) is 53.7 Å². The number of esters is 1. The van der Waals surface area contributed by atoms with Gasteiger partial charge in [0.05, 0.1) is 0 Å². The normalized spacial score (nSPS) is 13.0. The summed E-state index contributed by atoms with van der Waals surface area (Å²) in [5.41, 5.74) is 4.71. The highest BCUT2D eigenvalue weighted by Gasteiger charge is 2.19. The summed E-state index contributed by atoms with van der Waals surface area (Å²) < 4.78 is 5.73. The first kappa shape index (κ1) is 26.1. The molecule has 2 rings (SSSR count). The quantitative estimate of drug-likeness (QED) is 0.176. The van der Waals surface area contributed by atoms with Crippen LogP contribution in [0.15, 0.2) is 60.7 Å². The van der Waals surface area contributed by atoms with Gasteiger partial charge in [-0.3, -0.25) is 9.59 Å². The molecule has 0 unspecified atom stereocenters. The Balaban J connectivity index is 2.73. The molecule has 4 heteroatoms. The van der Waals surface area contributed by atoms with E-state index in [-0.39, 0.29) is 16.7 Å². The maximum absolute atomic E-state index is 12.3. The van der Waals surface area contributed by atoms with Crippen molar-refractivity contribution in [1.82, 2.24) is 4.90 Å². The lowest BCUT2D eigenvalue weighted by Crippen LogP contribution is -2.18. The molecule has 0 saturated heterocycles. The largest absolute Gasteiger partial charge is 0.425 e. The summed E-state index contributed by atoms with van der Waals surface area (Å²) in [4.78, 5) is 25.9. The molecule has 0 aliphatic heterocycles. The SMILES string of the molecule is CC(=O)O/C(=C(/C=C/C(=O)N(C)C)c1ccc(C(C)(C)C)cc1)c1ccc(C(C)(C)C)cc1. The van der Waals surface area contributed by atoms with Crippen molar-refractivity contribution in [2.24, 2.45) is 0 Å². The lowest BCUT2D eigenvalue weighted by atomic mass is 9.85. The molecule has 4 nitrogen and oxygen atoms in total. The van der Waals surface area contributed by atoms with Gasteiger partial charge in [-0.15, -0.1) is 0 Å². The van der Waals surface area contributed by atoms with Crippen LogP contribution in [0, 0.1) is 0 Å². The number of allylic oxidation sites excluding steroid dienone is 2. The number of amides is 1. The predicted octanol–water partition coefficient (Wildman–Crippen LogP) is 6.36. The van der Waals surface area contributed by atoms with Crippen LogP contribution in [0.25, 0.3) is 11.3 Å². The Kier molecular flexibility index (Phi) is 8.07. The minimum Gasteiger partial charge on any atom is -0.425 e. The maximum Gasteiger partial charge on any atom is 0.308 e. The van der Waals surface area contributed by atoms with E-state index in [4.69, 9.17) is 4.74 Å². The average Bonchev–Trinajstić information content (AvgIpc) is 2.71. The lowest BCUT2D eigenvalue weighted by molar-refractivity contribution is -0.134. The van der Waals surface area contributed by atoms with E-state index in [0.29, 0.717) is 11.3 Å². The van der Waals surface area contributed by atoms with Gasteiger partial charge in [-0.05, 0) is 33.6 Å². The van der Waals surface area contributed by atoms with Gasteiger partial charge in [0.2, 0.25) is 5.91 Å².